The molecule has 8 rings (SSSR count). The number of hydrogen-bond acceptors (Lipinski definition) is 8. The summed E-state index contributed by atoms with van der Waals surface area (Å²) >= 11 is 0. The SMILES string of the molecule is CCCCc1nc2cc(NC(=O)N(C)C)c(C)nc2n1Cc1ccc(OC(c2ccccc2)c2nnnn2C(c2ccccc2)(c2ccccc2)c2ccccc2)c(OC)c1. The number of hydrogen-bond donors (Lipinski definition) is 1. The number of nitrogens with zero attached hydrogens (tertiary/aromatic N) is 8. The van der Waals surface area contributed by atoms with Gasteiger partial charge in [-0.05, 0) is 64.2 Å². The summed E-state index contributed by atoms with van der Waals surface area (Å²) in [6.07, 6.45) is 2.03. The third-order valence-electron chi connectivity index (χ3n) is 10.9. The summed E-state index contributed by atoms with van der Waals surface area (Å²) < 4.78 is 17.2. The van der Waals surface area contributed by atoms with Crippen LogP contribution in [0.2, 0.25) is 0 Å². The molecule has 0 fully saturated rings. The zero-order valence-electron chi connectivity index (χ0n) is 35.1. The molecular weight excluding hydrogens is 763 g/mol. The van der Waals surface area contributed by atoms with Gasteiger partial charge in [0.2, 0.25) is 0 Å². The van der Waals surface area contributed by atoms with Crippen molar-refractivity contribution in [1.29, 1.82) is 0 Å². The van der Waals surface area contributed by atoms with E-state index in [9.17, 15) is 4.79 Å². The molecule has 0 aliphatic carbocycles. The van der Waals surface area contributed by atoms with Gasteiger partial charge in [-0.25, -0.2) is 19.4 Å². The molecule has 0 spiro atoms. The maximum Gasteiger partial charge on any atom is 0.321 e. The lowest BCUT2D eigenvalue weighted by atomic mass is 9.77. The van der Waals surface area contributed by atoms with Crippen LogP contribution in [0.15, 0.2) is 146 Å². The van der Waals surface area contributed by atoms with Crippen molar-refractivity contribution in [2.45, 2.75) is 51.3 Å². The average Bonchev–Trinajstić information content (AvgIpc) is 3.91. The van der Waals surface area contributed by atoms with Crippen molar-refractivity contribution in [2.24, 2.45) is 0 Å². The predicted octanol–water partition coefficient (Wildman–Crippen LogP) is 9.23. The van der Waals surface area contributed by atoms with E-state index in [4.69, 9.17) is 29.8 Å². The number of unbranched alkanes of at least 4 members (excludes halogenated alkanes) is 1. The number of methoxy groups -OCH3 is 1. The van der Waals surface area contributed by atoms with Crippen LogP contribution in [0.3, 0.4) is 0 Å². The van der Waals surface area contributed by atoms with E-state index in [2.05, 4.69) is 58.4 Å². The molecule has 0 aliphatic rings. The maximum atomic E-state index is 12.5. The van der Waals surface area contributed by atoms with Crippen LogP contribution >= 0.6 is 0 Å². The van der Waals surface area contributed by atoms with E-state index in [0.29, 0.717) is 35.2 Å². The number of aromatic nitrogens is 7. The fraction of sp³-hybridized carbons (Fsp3) is 0.224. The number of amides is 2. The van der Waals surface area contributed by atoms with Crippen molar-refractivity contribution < 1.29 is 14.3 Å². The van der Waals surface area contributed by atoms with Crippen molar-refractivity contribution in [3.8, 4) is 11.5 Å². The van der Waals surface area contributed by atoms with Crippen LogP contribution in [0.5, 0.6) is 11.5 Å². The Morgan fingerprint density at radius 3 is 1.97 bits per heavy atom. The molecule has 3 heterocycles. The van der Waals surface area contributed by atoms with Gasteiger partial charge in [0.05, 0.1) is 25.0 Å². The summed E-state index contributed by atoms with van der Waals surface area (Å²) in [5.74, 6) is 2.50. The summed E-state index contributed by atoms with van der Waals surface area (Å²) in [6, 6.07) is 48.6. The molecule has 0 saturated carbocycles. The van der Waals surface area contributed by atoms with Gasteiger partial charge in [-0.3, -0.25) is 0 Å². The quantitative estimate of drug-likeness (QED) is 0.102. The first-order chi connectivity index (χ1) is 29.8. The normalized spacial score (nSPS) is 12.0. The van der Waals surface area contributed by atoms with Crippen molar-refractivity contribution in [1.82, 2.24) is 39.6 Å². The van der Waals surface area contributed by atoms with Gasteiger partial charge in [-0.2, -0.15) is 0 Å². The van der Waals surface area contributed by atoms with Gasteiger partial charge < -0.3 is 24.3 Å². The summed E-state index contributed by atoms with van der Waals surface area (Å²) in [5.41, 5.74) is 6.63. The average molecular weight is 812 g/mol. The number of imidazole rings is 1. The molecule has 8 aromatic rings. The first-order valence-corrected chi connectivity index (χ1v) is 20.5. The minimum absolute atomic E-state index is 0.224. The van der Waals surface area contributed by atoms with Crippen LogP contribution in [-0.2, 0) is 18.5 Å². The second kappa shape index (κ2) is 17.9. The summed E-state index contributed by atoms with van der Waals surface area (Å²) in [4.78, 5) is 24.0. The number of anilines is 1. The Morgan fingerprint density at radius 1 is 0.787 bits per heavy atom. The first-order valence-electron chi connectivity index (χ1n) is 20.5. The third-order valence-corrected chi connectivity index (χ3v) is 10.9. The second-order valence-corrected chi connectivity index (χ2v) is 15.2. The Hall–Kier alpha value is -7.34. The number of tetrazole rings is 1. The Kier molecular flexibility index (Phi) is 11.9. The van der Waals surface area contributed by atoms with Crippen LogP contribution in [-0.4, -0.2) is 66.9 Å². The van der Waals surface area contributed by atoms with Gasteiger partial charge in [0.15, 0.2) is 29.1 Å². The number of urea groups is 1. The smallest absolute Gasteiger partial charge is 0.321 e. The lowest BCUT2D eigenvalue weighted by Crippen LogP contribution is -2.41. The molecule has 0 saturated heterocycles. The molecule has 0 radical (unpaired) electrons. The van der Waals surface area contributed by atoms with Gasteiger partial charge in [0, 0.05) is 26.1 Å². The van der Waals surface area contributed by atoms with Crippen LogP contribution < -0.4 is 14.8 Å². The van der Waals surface area contributed by atoms with Crippen molar-refractivity contribution >= 4 is 22.9 Å². The Morgan fingerprint density at radius 2 is 1.39 bits per heavy atom. The molecule has 308 valence electrons. The molecule has 1 atom stereocenters. The van der Waals surface area contributed by atoms with E-state index in [1.807, 2.05) is 121 Å². The third kappa shape index (κ3) is 8.04. The van der Waals surface area contributed by atoms with Crippen LogP contribution in [0.4, 0.5) is 10.5 Å². The Balaban J connectivity index is 1.21. The molecule has 12 heteroatoms. The molecule has 12 nitrogen and oxygen atoms in total. The Labute approximate surface area is 355 Å². The zero-order valence-corrected chi connectivity index (χ0v) is 35.1. The van der Waals surface area contributed by atoms with E-state index in [0.717, 1.165) is 64.1 Å². The molecule has 0 aliphatic heterocycles. The van der Waals surface area contributed by atoms with E-state index in [-0.39, 0.29) is 6.03 Å². The fourth-order valence-corrected chi connectivity index (χ4v) is 7.85. The molecular formula is C49H49N9O3. The standard InChI is InChI=1S/C49H49N9O3/c1-6-7-28-44-51-41-32-40(52-48(59)56(3)4)34(2)50-46(41)57(44)33-35-29-30-42(43(31-35)60-5)61-45(36-20-12-8-13-21-36)47-53-54-55-58(47)49(37-22-14-9-15-23-37,38-24-16-10-17-25-38)39-26-18-11-19-27-39/h8-27,29-32,45H,6-7,28,33H2,1-5H3,(H,52,59). The molecule has 1 unspecified atom stereocenters. The number of pyridine rings is 1. The molecule has 0 bridgehead atoms. The van der Waals surface area contributed by atoms with Crippen molar-refractivity contribution in [3.63, 3.8) is 0 Å². The van der Waals surface area contributed by atoms with Gasteiger partial charge >= 0.3 is 6.03 Å². The van der Waals surface area contributed by atoms with Crippen LogP contribution in [0, 0.1) is 6.92 Å². The molecule has 1 N–H and O–H groups in total. The summed E-state index contributed by atoms with van der Waals surface area (Å²) in [5, 5.41) is 16.8. The predicted molar refractivity (Wildman–Crippen MR) is 237 cm³/mol. The highest BCUT2D eigenvalue weighted by molar-refractivity contribution is 5.91. The number of rotatable bonds is 15. The lowest BCUT2D eigenvalue weighted by Gasteiger charge is -2.37. The number of carbonyl (C=O) groups is 1. The second-order valence-electron chi connectivity index (χ2n) is 15.2. The fourth-order valence-electron chi connectivity index (χ4n) is 7.85. The molecule has 2 amide bonds. The number of fused-ring (bicyclic) bond motifs is 1. The highest BCUT2D eigenvalue weighted by Crippen LogP contribution is 2.43. The largest absolute Gasteiger partial charge is 0.493 e. The van der Waals surface area contributed by atoms with Gasteiger partial charge in [0.25, 0.3) is 0 Å². The lowest BCUT2D eigenvalue weighted by molar-refractivity contribution is 0.212. The number of carbonyl (C=O) groups excluding carboxylic acids is 1. The molecule has 5 aromatic carbocycles. The minimum atomic E-state index is -0.971. The number of ether oxygens (including phenoxy) is 2. The van der Waals surface area contributed by atoms with Gasteiger partial charge in [-0.1, -0.05) is 141 Å². The van der Waals surface area contributed by atoms with E-state index < -0.39 is 11.6 Å². The van der Waals surface area contributed by atoms with E-state index >= 15 is 0 Å². The van der Waals surface area contributed by atoms with Gasteiger partial charge in [-0.15, -0.1) is 5.10 Å². The number of benzene rings is 5. The monoisotopic (exact) mass is 811 g/mol. The van der Waals surface area contributed by atoms with E-state index in [1.165, 1.54) is 4.90 Å². The van der Waals surface area contributed by atoms with Crippen molar-refractivity contribution in [2.75, 3.05) is 26.5 Å². The topological polar surface area (TPSA) is 125 Å². The molecule has 3 aromatic heterocycles. The summed E-state index contributed by atoms with van der Waals surface area (Å²) in [7, 11) is 5.06. The highest BCUT2D eigenvalue weighted by Gasteiger charge is 2.43. The van der Waals surface area contributed by atoms with Crippen LogP contribution in [0.1, 0.15) is 71.0 Å². The summed E-state index contributed by atoms with van der Waals surface area (Å²) in [6.45, 7) is 4.56. The number of nitrogens with one attached hydrogen (secondary N) is 1. The Bertz CT molecular complexity index is 2620. The van der Waals surface area contributed by atoms with Gasteiger partial charge in [0.1, 0.15) is 16.9 Å². The first kappa shape index (κ1) is 40.4. The minimum Gasteiger partial charge on any atom is -0.493 e. The van der Waals surface area contributed by atoms with Crippen LogP contribution in [0.25, 0.3) is 11.2 Å². The highest BCUT2D eigenvalue weighted by atomic mass is 16.5. The van der Waals surface area contributed by atoms with E-state index in [1.54, 1.807) is 21.2 Å². The van der Waals surface area contributed by atoms with Crippen molar-refractivity contribution in [3.05, 3.63) is 191 Å². The maximum absolute atomic E-state index is 12.5. The molecule has 61 heavy (non-hydrogen) atoms. The zero-order chi connectivity index (χ0) is 42.3. The number of aryl methyl sites for hydroxylation is 2.